The molecule has 4 nitrogen and oxygen atoms in total. The molecule has 0 bridgehead atoms. The quantitative estimate of drug-likeness (QED) is 0.780. The van der Waals surface area contributed by atoms with E-state index >= 15 is 0 Å². The van der Waals surface area contributed by atoms with E-state index in [0.717, 1.165) is 16.8 Å². The molecule has 2 aromatic carbocycles. The van der Waals surface area contributed by atoms with Crippen molar-refractivity contribution < 1.29 is 4.79 Å². The molecule has 0 fully saturated rings. The number of carbonyl (C=O) groups excluding carboxylic acids is 1. The Labute approximate surface area is 122 Å². The van der Waals surface area contributed by atoms with Crippen molar-refractivity contribution in [2.24, 2.45) is 0 Å². The maximum atomic E-state index is 12.6. The van der Waals surface area contributed by atoms with Crippen molar-refractivity contribution in [3.8, 4) is 0 Å². The number of benzene rings is 2. The molecule has 0 aliphatic rings. The van der Waals surface area contributed by atoms with Crippen LogP contribution in [0.1, 0.15) is 21.5 Å². The van der Waals surface area contributed by atoms with E-state index in [1.807, 2.05) is 44.2 Å². The number of carbonyl (C=O) groups is 1. The number of aromatic nitrogens is 2. The fourth-order valence-corrected chi connectivity index (χ4v) is 2.37. The van der Waals surface area contributed by atoms with Crippen molar-refractivity contribution in [3.05, 3.63) is 65.5 Å². The van der Waals surface area contributed by atoms with Crippen LogP contribution in [0.4, 0.5) is 5.69 Å². The molecule has 0 radical (unpaired) electrons. The molecule has 0 aliphatic heterocycles. The number of fused-ring (bicyclic) bond motifs is 1. The smallest absolute Gasteiger partial charge is 0.257 e. The van der Waals surface area contributed by atoms with Crippen LogP contribution >= 0.6 is 0 Å². The third-order valence-electron chi connectivity index (χ3n) is 3.46. The summed E-state index contributed by atoms with van der Waals surface area (Å²) >= 11 is 0. The third-order valence-corrected chi connectivity index (χ3v) is 3.46. The fourth-order valence-electron chi connectivity index (χ4n) is 2.37. The summed E-state index contributed by atoms with van der Waals surface area (Å²) in [5.41, 5.74) is 4.78. The highest BCUT2D eigenvalue weighted by Gasteiger charge is 2.13. The van der Waals surface area contributed by atoms with Crippen molar-refractivity contribution in [3.63, 3.8) is 0 Å². The van der Waals surface area contributed by atoms with Crippen molar-refractivity contribution in [1.82, 2.24) is 9.97 Å². The molecule has 0 saturated carbocycles. The van der Waals surface area contributed by atoms with Gasteiger partial charge in [0, 0.05) is 18.1 Å². The van der Waals surface area contributed by atoms with Crippen molar-refractivity contribution in [1.29, 1.82) is 0 Å². The average Bonchev–Trinajstić information content (AvgIpc) is 2.50. The monoisotopic (exact) mass is 277 g/mol. The van der Waals surface area contributed by atoms with Gasteiger partial charge in [0.05, 0.1) is 11.1 Å². The van der Waals surface area contributed by atoms with Crippen LogP contribution in [0, 0.1) is 13.8 Å². The predicted octanol–water partition coefficient (Wildman–Crippen LogP) is 3.50. The average molecular weight is 277 g/mol. The van der Waals surface area contributed by atoms with Gasteiger partial charge >= 0.3 is 0 Å². The van der Waals surface area contributed by atoms with Gasteiger partial charge in [-0.3, -0.25) is 14.8 Å². The lowest BCUT2D eigenvalue weighted by atomic mass is 10.1. The first-order chi connectivity index (χ1) is 10.2. The molecule has 21 heavy (non-hydrogen) atoms. The van der Waals surface area contributed by atoms with Crippen LogP contribution < -0.4 is 5.32 Å². The van der Waals surface area contributed by atoms with Crippen LogP contribution in [0.5, 0.6) is 0 Å². The van der Waals surface area contributed by atoms with E-state index < -0.39 is 0 Å². The van der Waals surface area contributed by atoms with Gasteiger partial charge in [-0.1, -0.05) is 24.3 Å². The lowest BCUT2D eigenvalue weighted by molar-refractivity contribution is 0.102. The van der Waals surface area contributed by atoms with Gasteiger partial charge in [0.1, 0.15) is 5.52 Å². The van der Waals surface area contributed by atoms with Crippen molar-refractivity contribution in [2.45, 2.75) is 13.8 Å². The Hall–Kier alpha value is -2.75. The zero-order chi connectivity index (χ0) is 14.8. The van der Waals surface area contributed by atoms with Gasteiger partial charge in [0.15, 0.2) is 0 Å². The minimum atomic E-state index is -0.168. The normalized spacial score (nSPS) is 10.6. The highest BCUT2D eigenvalue weighted by molar-refractivity contribution is 6.11. The van der Waals surface area contributed by atoms with E-state index in [1.54, 1.807) is 18.5 Å². The fraction of sp³-hybridized carbons (Fsp3) is 0.118. The summed E-state index contributed by atoms with van der Waals surface area (Å²) in [6.45, 7) is 3.96. The first kappa shape index (κ1) is 13.2. The summed E-state index contributed by atoms with van der Waals surface area (Å²) < 4.78 is 0. The molecule has 4 heteroatoms. The second-order valence-corrected chi connectivity index (χ2v) is 4.95. The van der Waals surface area contributed by atoms with E-state index in [9.17, 15) is 4.79 Å². The maximum absolute atomic E-state index is 12.6. The third kappa shape index (κ3) is 2.48. The topological polar surface area (TPSA) is 54.9 Å². The zero-order valence-corrected chi connectivity index (χ0v) is 11.9. The summed E-state index contributed by atoms with van der Waals surface area (Å²) in [5, 5.41) is 2.98. The minimum absolute atomic E-state index is 0.168. The van der Waals surface area contributed by atoms with E-state index in [2.05, 4.69) is 15.3 Å². The van der Waals surface area contributed by atoms with Crippen molar-refractivity contribution in [2.75, 3.05) is 5.32 Å². The summed E-state index contributed by atoms with van der Waals surface area (Å²) in [6.07, 6.45) is 3.22. The van der Waals surface area contributed by atoms with Gasteiger partial charge in [0.25, 0.3) is 5.91 Å². The molecule has 0 saturated heterocycles. The van der Waals surface area contributed by atoms with Crippen LogP contribution in [-0.4, -0.2) is 15.9 Å². The van der Waals surface area contributed by atoms with Gasteiger partial charge < -0.3 is 5.32 Å². The Kier molecular flexibility index (Phi) is 3.36. The SMILES string of the molecule is Cc1cccc(C)c1NC(=O)c1cccc2nccnc12. The first-order valence-electron chi connectivity index (χ1n) is 6.74. The van der Waals surface area contributed by atoms with E-state index in [1.165, 1.54) is 0 Å². The highest BCUT2D eigenvalue weighted by atomic mass is 16.1. The molecule has 0 atom stereocenters. The summed E-state index contributed by atoms with van der Waals surface area (Å²) in [6, 6.07) is 11.4. The number of nitrogens with one attached hydrogen (secondary N) is 1. The number of hydrogen-bond acceptors (Lipinski definition) is 3. The molecule has 1 N–H and O–H groups in total. The summed E-state index contributed by atoms with van der Waals surface area (Å²) in [5.74, 6) is -0.168. The van der Waals surface area contributed by atoms with E-state index in [-0.39, 0.29) is 5.91 Å². The Morgan fingerprint density at radius 2 is 1.62 bits per heavy atom. The number of para-hydroxylation sites is 2. The van der Waals surface area contributed by atoms with Crippen LogP contribution in [0.2, 0.25) is 0 Å². The number of nitrogens with zero attached hydrogens (tertiary/aromatic N) is 2. The standard InChI is InChI=1S/C17H15N3O/c1-11-5-3-6-12(2)15(11)20-17(21)13-7-4-8-14-16(13)19-10-9-18-14/h3-10H,1-2H3,(H,20,21). The van der Waals surface area contributed by atoms with Gasteiger partial charge in [-0.25, -0.2) is 0 Å². The number of amides is 1. The van der Waals surface area contributed by atoms with E-state index in [4.69, 9.17) is 0 Å². The number of anilines is 1. The lowest BCUT2D eigenvalue weighted by Gasteiger charge is -2.12. The maximum Gasteiger partial charge on any atom is 0.257 e. The molecule has 0 aliphatic carbocycles. The van der Waals surface area contributed by atoms with E-state index in [0.29, 0.717) is 16.6 Å². The highest BCUT2D eigenvalue weighted by Crippen LogP contribution is 2.21. The molecule has 0 unspecified atom stereocenters. The predicted molar refractivity (Wildman–Crippen MR) is 83.4 cm³/mol. The second kappa shape index (κ2) is 5.32. The zero-order valence-electron chi connectivity index (χ0n) is 11.9. The van der Waals surface area contributed by atoms with Crippen LogP contribution in [0.3, 0.4) is 0 Å². The lowest BCUT2D eigenvalue weighted by Crippen LogP contribution is -2.14. The van der Waals surface area contributed by atoms with Gasteiger partial charge in [0.2, 0.25) is 0 Å². The molecule has 3 rings (SSSR count). The number of hydrogen-bond donors (Lipinski definition) is 1. The molecule has 1 amide bonds. The molecular formula is C17H15N3O. The number of aryl methyl sites for hydroxylation is 2. The molecule has 1 aromatic heterocycles. The van der Waals surface area contributed by atoms with Crippen LogP contribution in [0.25, 0.3) is 11.0 Å². The molecule has 0 spiro atoms. The molecule has 1 heterocycles. The van der Waals surface area contributed by atoms with Gasteiger partial charge in [-0.15, -0.1) is 0 Å². The largest absolute Gasteiger partial charge is 0.321 e. The van der Waals surface area contributed by atoms with Gasteiger partial charge in [-0.2, -0.15) is 0 Å². The summed E-state index contributed by atoms with van der Waals surface area (Å²) in [4.78, 5) is 21.0. The minimum Gasteiger partial charge on any atom is -0.321 e. The van der Waals surface area contributed by atoms with Crippen LogP contribution in [-0.2, 0) is 0 Å². The molecule has 3 aromatic rings. The Morgan fingerprint density at radius 1 is 0.952 bits per heavy atom. The van der Waals surface area contributed by atoms with Gasteiger partial charge in [-0.05, 0) is 37.1 Å². The Bertz CT molecular complexity index is 802. The van der Waals surface area contributed by atoms with Crippen LogP contribution in [0.15, 0.2) is 48.8 Å². The Morgan fingerprint density at radius 3 is 2.38 bits per heavy atom. The number of rotatable bonds is 2. The summed E-state index contributed by atoms with van der Waals surface area (Å²) in [7, 11) is 0. The molecule has 104 valence electrons. The Balaban J connectivity index is 2.02. The first-order valence-corrected chi connectivity index (χ1v) is 6.74. The van der Waals surface area contributed by atoms with Crippen molar-refractivity contribution >= 4 is 22.6 Å². The second-order valence-electron chi connectivity index (χ2n) is 4.95. The molecular weight excluding hydrogens is 262 g/mol.